The lowest BCUT2D eigenvalue weighted by Gasteiger charge is -2.41. The maximum absolute atomic E-state index is 12.8. The van der Waals surface area contributed by atoms with Gasteiger partial charge in [-0.1, -0.05) is 12.2 Å². The van der Waals surface area contributed by atoms with Gasteiger partial charge in [0.2, 0.25) is 5.91 Å². The van der Waals surface area contributed by atoms with E-state index in [1.54, 1.807) is 0 Å². The fraction of sp³-hybridized carbons (Fsp3) is 0.857. The highest BCUT2D eigenvalue weighted by Crippen LogP contribution is 2.34. The molecule has 2 heterocycles. The van der Waals surface area contributed by atoms with Crippen molar-refractivity contribution in [3.8, 4) is 0 Å². The average Bonchev–Trinajstić information content (AvgIpc) is 2.48. The van der Waals surface area contributed by atoms with E-state index in [4.69, 9.17) is 27.4 Å². The number of thiocarbonyl (C=S) groups is 1. The maximum atomic E-state index is 12.8. The Bertz CT molecular complexity index is 361. The van der Waals surface area contributed by atoms with Gasteiger partial charge in [0, 0.05) is 32.9 Å². The first-order valence-corrected chi connectivity index (χ1v) is 7.79. The lowest BCUT2D eigenvalue weighted by Crippen LogP contribution is -2.55. The number of likely N-dealkylation sites (tertiary alicyclic amines) is 1. The van der Waals surface area contributed by atoms with Crippen molar-refractivity contribution >= 4 is 23.1 Å². The van der Waals surface area contributed by atoms with E-state index in [0.717, 1.165) is 32.5 Å². The zero-order chi connectivity index (χ0) is 14.6. The van der Waals surface area contributed by atoms with E-state index in [1.807, 2.05) is 11.8 Å². The second kappa shape index (κ2) is 6.83. The Hall–Kier alpha value is -0.720. The summed E-state index contributed by atoms with van der Waals surface area (Å²) in [4.78, 5) is 15.1. The predicted molar refractivity (Wildman–Crippen MR) is 80.5 cm³/mol. The monoisotopic (exact) mass is 300 g/mol. The molecule has 0 aromatic carbocycles. The molecular formula is C14H24N2O3S. The van der Waals surface area contributed by atoms with Crippen molar-refractivity contribution in [2.75, 3.05) is 32.9 Å². The minimum absolute atomic E-state index is 0.0863. The zero-order valence-corrected chi connectivity index (χ0v) is 12.9. The highest BCUT2D eigenvalue weighted by atomic mass is 32.1. The summed E-state index contributed by atoms with van der Waals surface area (Å²) in [6.07, 6.45) is 3.27. The first-order chi connectivity index (χ1) is 9.60. The molecule has 2 aliphatic rings. The maximum Gasteiger partial charge on any atom is 0.235 e. The summed E-state index contributed by atoms with van der Waals surface area (Å²) in [7, 11) is 0. The Morgan fingerprint density at radius 1 is 1.40 bits per heavy atom. The molecule has 2 saturated heterocycles. The summed E-state index contributed by atoms with van der Waals surface area (Å²) in [6.45, 7) is 5.30. The second-order valence-corrected chi connectivity index (χ2v) is 5.95. The summed E-state index contributed by atoms with van der Waals surface area (Å²) in [5.41, 5.74) is 5.20. The van der Waals surface area contributed by atoms with Crippen LogP contribution in [0.15, 0.2) is 0 Å². The molecule has 2 N–H and O–H groups in total. The van der Waals surface area contributed by atoms with Crippen molar-refractivity contribution in [1.29, 1.82) is 0 Å². The Morgan fingerprint density at radius 2 is 2.00 bits per heavy atom. The van der Waals surface area contributed by atoms with Crippen molar-refractivity contribution in [3.05, 3.63) is 0 Å². The van der Waals surface area contributed by atoms with Gasteiger partial charge in [-0.15, -0.1) is 0 Å². The third-order valence-electron chi connectivity index (χ3n) is 4.36. The van der Waals surface area contributed by atoms with Crippen molar-refractivity contribution in [3.63, 3.8) is 0 Å². The van der Waals surface area contributed by atoms with E-state index in [-0.39, 0.29) is 12.0 Å². The zero-order valence-electron chi connectivity index (χ0n) is 12.1. The molecule has 0 atom stereocenters. The number of hydrogen-bond acceptors (Lipinski definition) is 4. The molecule has 0 radical (unpaired) electrons. The smallest absolute Gasteiger partial charge is 0.235 e. The highest BCUT2D eigenvalue weighted by Gasteiger charge is 2.45. The van der Waals surface area contributed by atoms with Gasteiger partial charge < -0.3 is 20.1 Å². The van der Waals surface area contributed by atoms with Crippen LogP contribution >= 0.6 is 12.2 Å². The van der Waals surface area contributed by atoms with Gasteiger partial charge in [-0.05, 0) is 32.6 Å². The summed E-state index contributed by atoms with van der Waals surface area (Å²) in [5, 5.41) is 0. The van der Waals surface area contributed by atoms with E-state index in [2.05, 4.69) is 0 Å². The van der Waals surface area contributed by atoms with E-state index in [1.165, 1.54) is 0 Å². The van der Waals surface area contributed by atoms with E-state index in [0.29, 0.717) is 31.0 Å². The fourth-order valence-corrected chi connectivity index (χ4v) is 3.34. The number of carbonyl (C=O) groups excluding carboxylic acids is 1. The molecular weight excluding hydrogens is 276 g/mol. The molecule has 0 aliphatic carbocycles. The second-order valence-electron chi connectivity index (χ2n) is 5.51. The van der Waals surface area contributed by atoms with Crippen LogP contribution in [0, 0.1) is 5.41 Å². The molecule has 0 unspecified atom stereocenters. The molecule has 2 fully saturated rings. The van der Waals surface area contributed by atoms with Crippen molar-refractivity contribution < 1.29 is 14.3 Å². The van der Waals surface area contributed by atoms with Crippen LogP contribution in [0.4, 0.5) is 0 Å². The van der Waals surface area contributed by atoms with Gasteiger partial charge >= 0.3 is 0 Å². The number of ether oxygens (including phenoxy) is 2. The Balaban J connectivity index is 2.00. The number of rotatable bonds is 4. The molecule has 2 rings (SSSR count). The first-order valence-electron chi connectivity index (χ1n) is 7.39. The van der Waals surface area contributed by atoms with Crippen LogP contribution in [-0.4, -0.2) is 54.8 Å². The molecule has 20 heavy (non-hydrogen) atoms. The molecule has 0 spiro atoms. The summed E-state index contributed by atoms with van der Waals surface area (Å²) in [5.74, 6) is 0.0863. The topological polar surface area (TPSA) is 64.8 Å². The van der Waals surface area contributed by atoms with Gasteiger partial charge in [0.05, 0.1) is 11.1 Å². The largest absolute Gasteiger partial charge is 0.392 e. The van der Waals surface area contributed by atoms with Crippen LogP contribution in [0.2, 0.25) is 0 Å². The number of carbonyl (C=O) groups is 1. The minimum atomic E-state index is -0.688. The molecule has 1 amide bonds. The predicted octanol–water partition coefficient (Wildman–Crippen LogP) is 1.10. The normalized spacial score (nSPS) is 23.6. The molecule has 6 heteroatoms. The molecule has 0 aromatic heterocycles. The van der Waals surface area contributed by atoms with E-state index in [9.17, 15) is 4.79 Å². The van der Waals surface area contributed by atoms with Gasteiger partial charge in [0.1, 0.15) is 5.41 Å². The highest BCUT2D eigenvalue weighted by molar-refractivity contribution is 7.80. The van der Waals surface area contributed by atoms with E-state index >= 15 is 0 Å². The molecule has 2 aliphatic heterocycles. The molecule has 0 saturated carbocycles. The quantitative estimate of drug-likeness (QED) is 0.788. The lowest BCUT2D eigenvalue weighted by atomic mass is 9.78. The van der Waals surface area contributed by atoms with Crippen molar-refractivity contribution in [2.24, 2.45) is 11.1 Å². The molecule has 0 aromatic rings. The number of amides is 1. The van der Waals surface area contributed by atoms with Gasteiger partial charge in [-0.25, -0.2) is 0 Å². The SMILES string of the molecule is CCOC1CCN(C(=O)C2(C(N)=S)CCOCC2)CC1. The van der Waals surface area contributed by atoms with Gasteiger partial charge in [-0.2, -0.15) is 0 Å². The average molecular weight is 300 g/mol. The van der Waals surface area contributed by atoms with Crippen LogP contribution < -0.4 is 5.73 Å². The van der Waals surface area contributed by atoms with Crippen molar-refractivity contribution in [1.82, 2.24) is 4.90 Å². The molecule has 5 nitrogen and oxygen atoms in total. The Kier molecular flexibility index (Phi) is 5.35. The van der Waals surface area contributed by atoms with Crippen LogP contribution in [0.25, 0.3) is 0 Å². The standard InChI is InChI=1S/C14H24N2O3S/c1-2-19-11-3-7-16(8-4-11)13(17)14(12(15)20)5-9-18-10-6-14/h11H,2-10H2,1H3,(H2,15,20). The van der Waals surface area contributed by atoms with Crippen LogP contribution in [0.3, 0.4) is 0 Å². The van der Waals surface area contributed by atoms with Gasteiger partial charge in [0.25, 0.3) is 0 Å². The minimum Gasteiger partial charge on any atom is -0.392 e. The Morgan fingerprint density at radius 3 is 2.50 bits per heavy atom. The van der Waals surface area contributed by atoms with E-state index < -0.39 is 5.41 Å². The van der Waals surface area contributed by atoms with Crippen LogP contribution in [0.5, 0.6) is 0 Å². The number of nitrogens with two attached hydrogens (primary N) is 1. The number of nitrogens with zero attached hydrogens (tertiary/aromatic N) is 1. The number of hydrogen-bond donors (Lipinski definition) is 1. The third kappa shape index (κ3) is 3.13. The van der Waals surface area contributed by atoms with Crippen molar-refractivity contribution in [2.45, 2.75) is 38.7 Å². The fourth-order valence-electron chi connectivity index (χ4n) is 3.05. The summed E-state index contributed by atoms with van der Waals surface area (Å²) >= 11 is 5.19. The van der Waals surface area contributed by atoms with Crippen LogP contribution in [0.1, 0.15) is 32.6 Å². The summed E-state index contributed by atoms with van der Waals surface area (Å²) in [6, 6.07) is 0. The van der Waals surface area contributed by atoms with Gasteiger partial charge in [-0.3, -0.25) is 4.79 Å². The number of piperidine rings is 1. The molecule has 0 bridgehead atoms. The molecule has 114 valence electrons. The van der Waals surface area contributed by atoms with Gasteiger partial charge in [0.15, 0.2) is 0 Å². The first kappa shape index (κ1) is 15.7. The summed E-state index contributed by atoms with van der Waals surface area (Å²) < 4.78 is 11.0. The Labute approximate surface area is 125 Å². The third-order valence-corrected chi connectivity index (χ3v) is 4.75. The van der Waals surface area contributed by atoms with Crippen LogP contribution in [-0.2, 0) is 14.3 Å². The lowest BCUT2D eigenvalue weighted by molar-refractivity contribution is -0.145.